The Kier molecular flexibility index (Phi) is 5.39. The number of nitrogens with zero attached hydrogens (tertiary/aromatic N) is 3. The summed E-state index contributed by atoms with van der Waals surface area (Å²) >= 11 is 1.47. The number of amides is 1. The van der Waals surface area contributed by atoms with Gasteiger partial charge in [0.25, 0.3) is 5.91 Å². The Labute approximate surface area is 168 Å². The van der Waals surface area contributed by atoms with Crippen molar-refractivity contribution in [1.29, 1.82) is 0 Å². The third kappa shape index (κ3) is 3.92. The number of thiophene rings is 1. The van der Waals surface area contributed by atoms with E-state index in [0.29, 0.717) is 24.5 Å². The number of anilines is 1. The molecule has 2 fully saturated rings. The van der Waals surface area contributed by atoms with E-state index >= 15 is 0 Å². The van der Waals surface area contributed by atoms with Crippen LogP contribution in [0.2, 0.25) is 0 Å². The van der Waals surface area contributed by atoms with Crippen molar-refractivity contribution in [2.75, 3.05) is 49.8 Å². The van der Waals surface area contributed by atoms with Crippen LogP contribution in [0, 0.1) is 0 Å². The van der Waals surface area contributed by atoms with Crippen molar-refractivity contribution in [3.63, 3.8) is 0 Å². The molecule has 28 heavy (non-hydrogen) atoms. The Morgan fingerprint density at radius 1 is 1.29 bits per heavy atom. The fraction of sp³-hybridized carbons (Fsp3) is 0.474. The van der Waals surface area contributed by atoms with Gasteiger partial charge < -0.3 is 14.5 Å². The number of ether oxygens (including phenoxy) is 1. The Bertz CT molecular complexity index is 953. The van der Waals surface area contributed by atoms with Gasteiger partial charge in [-0.1, -0.05) is 0 Å². The quantitative estimate of drug-likeness (QED) is 0.750. The van der Waals surface area contributed by atoms with Crippen molar-refractivity contribution in [3.8, 4) is 11.1 Å². The standard InChI is InChI=1S/C19H23N3O4S2/c1-21(15-4-11-28(24,25)13-15)18(23)17-12-16(14-2-5-20-6-3-14)19(27-17)22-7-9-26-10-8-22/h2-3,5-6,12,15H,4,7-11,13H2,1H3. The topological polar surface area (TPSA) is 79.8 Å². The highest BCUT2D eigenvalue weighted by molar-refractivity contribution is 7.91. The highest BCUT2D eigenvalue weighted by Crippen LogP contribution is 2.40. The summed E-state index contributed by atoms with van der Waals surface area (Å²) in [4.78, 5) is 21.7. The molecule has 1 unspecified atom stereocenters. The van der Waals surface area contributed by atoms with E-state index in [1.807, 2.05) is 18.2 Å². The molecule has 2 saturated heterocycles. The van der Waals surface area contributed by atoms with Crippen LogP contribution in [0.15, 0.2) is 30.6 Å². The van der Waals surface area contributed by atoms with Crippen molar-refractivity contribution >= 4 is 32.1 Å². The van der Waals surface area contributed by atoms with Crippen molar-refractivity contribution in [2.45, 2.75) is 12.5 Å². The number of morpholine rings is 1. The van der Waals surface area contributed by atoms with Crippen LogP contribution in [0.3, 0.4) is 0 Å². The second-order valence-electron chi connectivity index (χ2n) is 7.14. The molecule has 2 aliphatic rings. The van der Waals surface area contributed by atoms with E-state index in [2.05, 4.69) is 9.88 Å². The number of carbonyl (C=O) groups is 1. The average molecular weight is 422 g/mol. The van der Waals surface area contributed by atoms with Crippen LogP contribution >= 0.6 is 11.3 Å². The summed E-state index contributed by atoms with van der Waals surface area (Å²) in [6.45, 7) is 2.89. The summed E-state index contributed by atoms with van der Waals surface area (Å²) < 4.78 is 29.1. The van der Waals surface area contributed by atoms with Crippen LogP contribution in [0.25, 0.3) is 11.1 Å². The fourth-order valence-electron chi connectivity index (χ4n) is 3.65. The van der Waals surface area contributed by atoms with Crippen LogP contribution in [0.4, 0.5) is 5.00 Å². The van der Waals surface area contributed by atoms with Gasteiger partial charge in [-0.15, -0.1) is 11.3 Å². The van der Waals surface area contributed by atoms with Crippen molar-refractivity contribution in [2.24, 2.45) is 0 Å². The summed E-state index contributed by atoms with van der Waals surface area (Å²) in [6, 6.07) is 5.55. The van der Waals surface area contributed by atoms with Gasteiger partial charge in [0.1, 0.15) is 0 Å². The van der Waals surface area contributed by atoms with Crippen LogP contribution in [0.5, 0.6) is 0 Å². The van der Waals surface area contributed by atoms with Crippen molar-refractivity contribution in [1.82, 2.24) is 9.88 Å². The molecule has 2 aromatic heterocycles. The molecule has 150 valence electrons. The summed E-state index contributed by atoms with van der Waals surface area (Å²) in [6.07, 6.45) is 3.99. The van der Waals surface area contributed by atoms with Gasteiger partial charge in [0.05, 0.1) is 34.6 Å². The zero-order valence-corrected chi connectivity index (χ0v) is 17.3. The number of carbonyl (C=O) groups excluding carboxylic acids is 1. The molecule has 0 radical (unpaired) electrons. The van der Waals surface area contributed by atoms with E-state index in [1.165, 1.54) is 11.3 Å². The third-order valence-corrected chi connectivity index (χ3v) is 8.22. The molecule has 7 nitrogen and oxygen atoms in total. The molecule has 0 aromatic carbocycles. The number of rotatable bonds is 4. The van der Waals surface area contributed by atoms with E-state index in [1.54, 1.807) is 24.3 Å². The first-order valence-corrected chi connectivity index (χ1v) is 11.9. The first-order valence-electron chi connectivity index (χ1n) is 9.29. The highest BCUT2D eigenvalue weighted by Gasteiger charge is 2.34. The molecule has 0 aliphatic carbocycles. The SMILES string of the molecule is CN(C(=O)c1cc(-c2ccncc2)c(N2CCOCC2)s1)C1CCS(=O)(=O)C1. The van der Waals surface area contributed by atoms with Crippen molar-refractivity contribution in [3.05, 3.63) is 35.5 Å². The largest absolute Gasteiger partial charge is 0.378 e. The zero-order valence-electron chi connectivity index (χ0n) is 15.7. The number of aromatic nitrogens is 1. The lowest BCUT2D eigenvalue weighted by Crippen LogP contribution is -2.37. The number of pyridine rings is 1. The molecule has 2 aromatic rings. The molecule has 1 atom stereocenters. The first-order chi connectivity index (χ1) is 13.4. The molecule has 1 amide bonds. The van der Waals surface area contributed by atoms with E-state index < -0.39 is 9.84 Å². The van der Waals surface area contributed by atoms with Gasteiger partial charge >= 0.3 is 0 Å². The van der Waals surface area contributed by atoms with E-state index in [0.717, 1.165) is 29.2 Å². The third-order valence-electron chi connectivity index (χ3n) is 5.29. The lowest BCUT2D eigenvalue weighted by atomic mass is 10.1. The van der Waals surface area contributed by atoms with Crippen LogP contribution in [0.1, 0.15) is 16.1 Å². The maximum absolute atomic E-state index is 13.1. The van der Waals surface area contributed by atoms with Gasteiger partial charge in [-0.2, -0.15) is 0 Å². The molecule has 9 heteroatoms. The van der Waals surface area contributed by atoms with Gasteiger partial charge in [0.15, 0.2) is 9.84 Å². The Hall–Kier alpha value is -1.97. The first kappa shape index (κ1) is 19.4. The summed E-state index contributed by atoms with van der Waals surface area (Å²) in [5, 5.41) is 1.05. The van der Waals surface area contributed by atoms with Gasteiger partial charge in [0.2, 0.25) is 0 Å². The minimum atomic E-state index is -3.04. The second kappa shape index (κ2) is 7.81. The molecule has 4 rings (SSSR count). The predicted octanol–water partition coefficient (Wildman–Crippen LogP) is 1.91. The van der Waals surface area contributed by atoms with Crippen LogP contribution in [-0.2, 0) is 14.6 Å². The van der Waals surface area contributed by atoms with Crippen molar-refractivity contribution < 1.29 is 17.9 Å². The fourth-order valence-corrected chi connectivity index (χ4v) is 6.64. The monoisotopic (exact) mass is 421 g/mol. The zero-order chi connectivity index (χ0) is 19.7. The highest BCUT2D eigenvalue weighted by atomic mass is 32.2. The average Bonchev–Trinajstić information content (AvgIpc) is 3.32. The minimum Gasteiger partial charge on any atom is -0.378 e. The molecule has 0 spiro atoms. The smallest absolute Gasteiger partial charge is 0.264 e. The second-order valence-corrected chi connectivity index (χ2v) is 10.4. The molecular formula is C19H23N3O4S2. The van der Waals surface area contributed by atoms with Gasteiger partial charge in [-0.3, -0.25) is 9.78 Å². The van der Waals surface area contributed by atoms with Gasteiger partial charge in [0, 0.05) is 44.1 Å². The molecule has 2 aliphatic heterocycles. The van der Waals surface area contributed by atoms with Crippen LogP contribution in [-0.4, -0.2) is 75.1 Å². The molecule has 0 N–H and O–H groups in total. The Morgan fingerprint density at radius 3 is 2.64 bits per heavy atom. The normalized spacial score (nSPS) is 21.6. The number of sulfone groups is 1. The maximum Gasteiger partial charge on any atom is 0.264 e. The molecule has 0 saturated carbocycles. The summed E-state index contributed by atoms with van der Waals surface area (Å²) in [7, 11) is -1.34. The number of hydrogen-bond acceptors (Lipinski definition) is 7. The lowest BCUT2D eigenvalue weighted by molar-refractivity contribution is 0.0752. The maximum atomic E-state index is 13.1. The Balaban J connectivity index is 1.65. The summed E-state index contributed by atoms with van der Waals surface area (Å²) in [5.41, 5.74) is 2.02. The van der Waals surface area contributed by atoms with E-state index in [4.69, 9.17) is 4.74 Å². The minimum absolute atomic E-state index is 0.0498. The molecule has 0 bridgehead atoms. The molecular weight excluding hydrogens is 398 g/mol. The molecule has 4 heterocycles. The van der Waals surface area contributed by atoms with Crippen LogP contribution < -0.4 is 4.90 Å². The summed E-state index contributed by atoms with van der Waals surface area (Å²) in [5.74, 6) is 0.0803. The van der Waals surface area contributed by atoms with Gasteiger partial charge in [-0.05, 0) is 30.2 Å². The predicted molar refractivity (Wildman–Crippen MR) is 110 cm³/mol. The van der Waals surface area contributed by atoms with E-state index in [-0.39, 0.29) is 23.5 Å². The lowest BCUT2D eigenvalue weighted by Gasteiger charge is -2.28. The van der Waals surface area contributed by atoms with E-state index in [9.17, 15) is 13.2 Å². The number of hydrogen-bond donors (Lipinski definition) is 0. The van der Waals surface area contributed by atoms with Gasteiger partial charge in [-0.25, -0.2) is 8.42 Å². The Morgan fingerprint density at radius 2 is 2.00 bits per heavy atom.